The summed E-state index contributed by atoms with van der Waals surface area (Å²) in [5.41, 5.74) is 0. The maximum absolute atomic E-state index is 3.76. The highest BCUT2D eigenvalue weighted by Gasteiger charge is 2.33. The first kappa shape index (κ1) is 13.4. The van der Waals surface area contributed by atoms with Gasteiger partial charge in [-0.1, -0.05) is 27.7 Å². The Morgan fingerprint density at radius 3 is 2.41 bits per heavy atom. The van der Waals surface area contributed by atoms with Gasteiger partial charge in [0, 0.05) is 31.7 Å². The molecule has 100 valence electrons. The van der Waals surface area contributed by atoms with E-state index < -0.39 is 0 Å². The molecular formula is C15H30N2. The average molecular weight is 238 g/mol. The standard InChI is InChI=1S/C15H30N2/c1-11(2)7-14-8-16-15(12(3)4)10-17(14)9-13-5-6-13/h11-16H,5-10H2,1-4H3. The van der Waals surface area contributed by atoms with Gasteiger partial charge in [-0.05, 0) is 37.0 Å². The first-order chi connectivity index (χ1) is 8.06. The van der Waals surface area contributed by atoms with Crippen molar-refractivity contribution < 1.29 is 0 Å². The number of nitrogens with one attached hydrogen (secondary N) is 1. The third kappa shape index (κ3) is 3.96. The highest BCUT2D eigenvalue weighted by molar-refractivity contribution is 4.90. The minimum Gasteiger partial charge on any atom is -0.311 e. The predicted molar refractivity (Wildman–Crippen MR) is 74.2 cm³/mol. The monoisotopic (exact) mass is 238 g/mol. The molecule has 1 saturated heterocycles. The van der Waals surface area contributed by atoms with Crippen LogP contribution in [0.4, 0.5) is 0 Å². The Balaban J connectivity index is 1.90. The van der Waals surface area contributed by atoms with E-state index in [1.54, 1.807) is 0 Å². The van der Waals surface area contributed by atoms with E-state index in [9.17, 15) is 0 Å². The van der Waals surface area contributed by atoms with E-state index in [0.29, 0.717) is 6.04 Å². The average Bonchev–Trinajstić information content (AvgIpc) is 3.03. The molecule has 0 aromatic heterocycles. The van der Waals surface area contributed by atoms with Crippen molar-refractivity contribution in [1.29, 1.82) is 0 Å². The van der Waals surface area contributed by atoms with Crippen molar-refractivity contribution >= 4 is 0 Å². The minimum atomic E-state index is 0.706. The number of hydrogen-bond donors (Lipinski definition) is 1. The Kier molecular flexibility index (Phi) is 4.48. The van der Waals surface area contributed by atoms with E-state index >= 15 is 0 Å². The summed E-state index contributed by atoms with van der Waals surface area (Å²) in [4.78, 5) is 2.79. The summed E-state index contributed by atoms with van der Waals surface area (Å²) < 4.78 is 0. The van der Waals surface area contributed by atoms with Crippen LogP contribution < -0.4 is 5.32 Å². The first-order valence-electron chi connectivity index (χ1n) is 7.53. The van der Waals surface area contributed by atoms with E-state index in [1.165, 1.54) is 38.9 Å². The lowest BCUT2D eigenvalue weighted by molar-refractivity contribution is 0.0947. The summed E-state index contributed by atoms with van der Waals surface area (Å²) in [5, 5.41) is 3.76. The second-order valence-corrected chi connectivity index (χ2v) is 6.94. The summed E-state index contributed by atoms with van der Waals surface area (Å²) >= 11 is 0. The minimum absolute atomic E-state index is 0.706. The van der Waals surface area contributed by atoms with E-state index in [2.05, 4.69) is 37.9 Å². The molecular weight excluding hydrogens is 208 g/mol. The fraction of sp³-hybridized carbons (Fsp3) is 1.00. The lowest BCUT2D eigenvalue weighted by Crippen LogP contribution is -2.58. The molecule has 2 atom stereocenters. The van der Waals surface area contributed by atoms with Crippen LogP contribution in [0.1, 0.15) is 47.0 Å². The highest BCUT2D eigenvalue weighted by atomic mass is 15.2. The molecule has 17 heavy (non-hydrogen) atoms. The van der Waals surface area contributed by atoms with Crippen molar-refractivity contribution in [3.63, 3.8) is 0 Å². The Labute approximate surface area is 107 Å². The molecule has 1 aliphatic heterocycles. The van der Waals surface area contributed by atoms with Crippen molar-refractivity contribution in [1.82, 2.24) is 10.2 Å². The zero-order valence-corrected chi connectivity index (χ0v) is 12.1. The molecule has 2 nitrogen and oxygen atoms in total. The van der Waals surface area contributed by atoms with Crippen LogP contribution in [0.15, 0.2) is 0 Å². The molecule has 1 heterocycles. The maximum Gasteiger partial charge on any atom is 0.0223 e. The molecule has 0 aromatic rings. The lowest BCUT2D eigenvalue weighted by atomic mass is 9.95. The second-order valence-electron chi connectivity index (χ2n) is 6.94. The topological polar surface area (TPSA) is 15.3 Å². The molecule has 2 unspecified atom stereocenters. The molecule has 0 bridgehead atoms. The fourth-order valence-electron chi connectivity index (χ4n) is 2.96. The van der Waals surface area contributed by atoms with Crippen LogP contribution in [-0.4, -0.2) is 36.6 Å². The van der Waals surface area contributed by atoms with Crippen molar-refractivity contribution in [2.24, 2.45) is 17.8 Å². The fourth-order valence-corrected chi connectivity index (χ4v) is 2.96. The van der Waals surface area contributed by atoms with Gasteiger partial charge in [0.25, 0.3) is 0 Å². The molecule has 0 amide bonds. The van der Waals surface area contributed by atoms with Gasteiger partial charge in [-0.2, -0.15) is 0 Å². The van der Waals surface area contributed by atoms with E-state index in [1.807, 2.05) is 0 Å². The quantitative estimate of drug-likeness (QED) is 0.792. The highest BCUT2D eigenvalue weighted by Crippen LogP contribution is 2.31. The third-order valence-corrected chi connectivity index (χ3v) is 4.30. The molecule has 2 fully saturated rings. The van der Waals surface area contributed by atoms with Crippen molar-refractivity contribution in [2.75, 3.05) is 19.6 Å². The molecule has 1 aliphatic carbocycles. The Bertz CT molecular complexity index is 233. The number of rotatable bonds is 5. The van der Waals surface area contributed by atoms with Gasteiger partial charge >= 0.3 is 0 Å². The summed E-state index contributed by atoms with van der Waals surface area (Å²) in [5.74, 6) is 2.60. The smallest absolute Gasteiger partial charge is 0.0223 e. The van der Waals surface area contributed by atoms with Gasteiger partial charge in [0.05, 0.1) is 0 Å². The number of hydrogen-bond acceptors (Lipinski definition) is 2. The second kappa shape index (κ2) is 5.71. The third-order valence-electron chi connectivity index (χ3n) is 4.30. The molecule has 0 radical (unpaired) electrons. The number of piperazine rings is 1. The Hall–Kier alpha value is -0.0800. The van der Waals surface area contributed by atoms with E-state index in [-0.39, 0.29) is 0 Å². The normalized spacial score (nSPS) is 31.4. The maximum atomic E-state index is 3.76. The SMILES string of the molecule is CC(C)CC1CNC(C(C)C)CN1CC1CC1. The van der Waals surface area contributed by atoms with Crippen LogP contribution >= 0.6 is 0 Å². The molecule has 0 spiro atoms. The molecule has 2 heteroatoms. The molecule has 1 saturated carbocycles. The summed E-state index contributed by atoms with van der Waals surface area (Å²) in [6.45, 7) is 13.2. The van der Waals surface area contributed by atoms with Crippen molar-refractivity contribution in [3.05, 3.63) is 0 Å². The van der Waals surface area contributed by atoms with Crippen molar-refractivity contribution in [2.45, 2.75) is 59.0 Å². The largest absolute Gasteiger partial charge is 0.311 e. The van der Waals surface area contributed by atoms with E-state index in [4.69, 9.17) is 0 Å². The van der Waals surface area contributed by atoms with Crippen LogP contribution in [-0.2, 0) is 0 Å². The van der Waals surface area contributed by atoms with Gasteiger partial charge in [0.1, 0.15) is 0 Å². The van der Waals surface area contributed by atoms with Crippen LogP contribution in [0, 0.1) is 17.8 Å². The van der Waals surface area contributed by atoms with Gasteiger partial charge in [-0.15, -0.1) is 0 Å². The lowest BCUT2D eigenvalue weighted by Gasteiger charge is -2.42. The molecule has 2 rings (SSSR count). The summed E-state index contributed by atoms with van der Waals surface area (Å²) in [6.07, 6.45) is 4.31. The van der Waals surface area contributed by atoms with Crippen LogP contribution in [0.25, 0.3) is 0 Å². The molecule has 0 aromatic carbocycles. The number of nitrogens with zero attached hydrogens (tertiary/aromatic N) is 1. The van der Waals surface area contributed by atoms with Gasteiger partial charge in [0.15, 0.2) is 0 Å². The van der Waals surface area contributed by atoms with Crippen molar-refractivity contribution in [3.8, 4) is 0 Å². The van der Waals surface area contributed by atoms with Gasteiger partial charge in [-0.3, -0.25) is 4.90 Å². The van der Waals surface area contributed by atoms with Gasteiger partial charge in [0.2, 0.25) is 0 Å². The first-order valence-corrected chi connectivity index (χ1v) is 7.53. The van der Waals surface area contributed by atoms with Crippen LogP contribution in [0.2, 0.25) is 0 Å². The summed E-state index contributed by atoms with van der Waals surface area (Å²) in [6, 6.07) is 1.49. The Morgan fingerprint density at radius 2 is 1.88 bits per heavy atom. The zero-order valence-electron chi connectivity index (χ0n) is 12.1. The van der Waals surface area contributed by atoms with Gasteiger partial charge < -0.3 is 5.32 Å². The van der Waals surface area contributed by atoms with Gasteiger partial charge in [-0.25, -0.2) is 0 Å². The van der Waals surface area contributed by atoms with Crippen LogP contribution in [0.5, 0.6) is 0 Å². The summed E-state index contributed by atoms with van der Waals surface area (Å²) in [7, 11) is 0. The predicted octanol–water partition coefficient (Wildman–Crippen LogP) is 2.74. The zero-order chi connectivity index (χ0) is 12.4. The van der Waals surface area contributed by atoms with E-state index in [0.717, 1.165) is 23.8 Å². The van der Waals surface area contributed by atoms with Crippen LogP contribution in [0.3, 0.4) is 0 Å². The Morgan fingerprint density at radius 1 is 1.18 bits per heavy atom. The molecule has 2 aliphatic rings. The molecule has 1 N–H and O–H groups in total.